The third-order valence-electron chi connectivity index (χ3n) is 3.16. The molecule has 0 aliphatic rings. The Kier molecular flexibility index (Phi) is 3.18. The number of H-pyrrole nitrogens is 1. The lowest BCUT2D eigenvalue weighted by Gasteiger charge is -2.14. The molecule has 0 bridgehead atoms. The molecule has 3 aromatic rings. The molecular formula is C13H14N6. The highest BCUT2D eigenvalue weighted by Crippen LogP contribution is 2.21. The Morgan fingerprint density at radius 1 is 1.26 bits per heavy atom. The van der Waals surface area contributed by atoms with E-state index in [0.717, 1.165) is 23.0 Å². The molecule has 0 saturated carbocycles. The van der Waals surface area contributed by atoms with Gasteiger partial charge in [0.15, 0.2) is 0 Å². The van der Waals surface area contributed by atoms with Gasteiger partial charge in [0, 0.05) is 11.6 Å². The minimum Gasteiger partial charge on any atom is -0.271 e. The number of nitrogens with one attached hydrogen (secondary N) is 2. The summed E-state index contributed by atoms with van der Waals surface area (Å²) in [5.41, 5.74) is 5.73. The van der Waals surface area contributed by atoms with Crippen LogP contribution in [0.1, 0.15) is 17.3 Å². The van der Waals surface area contributed by atoms with E-state index in [4.69, 9.17) is 5.84 Å². The van der Waals surface area contributed by atoms with Gasteiger partial charge in [-0.05, 0) is 24.1 Å². The smallest absolute Gasteiger partial charge is 0.101 e. The van der Waals surface area contributed by atoms with Gasteiger partial charge in [-0.1, -0.05) is 18.2 Å². The van der Waals surface area contributed by atoms with Gasteiger partial charge in [-0.15, -0.1) is 0 Å². The van der Waals surface area contributed by atoms with E-state index in [1.54, 1.807) is 6.20 Å². The number of aromatic amines is 1. The van der Waals surface area contributed by atoms with Crippen molar-refractivity contribution in [3.63, 3.8) is 0 Å². The molecule has 1 atom stereocenters. The van der Waals surface area contributed by atoms with E-state index < -0.39 is 0 Å². The topological polar surface area (TPSA) is 92.5 Å². The van der Waals surface area contributed by atoms with Crippen molar-refractivity contribution in [1.29, 1.82) is 0 Å². The maximum Gasteiger partial charge on any atom is 0.101 e. The zero-order valence-electron chi connectivity index (χ0n) is 10.2. The fourth-order valence-corrected chi connectivity index (χ4v) is 2.18. The largest absolute Gasteiger partial charge is 0.271 e. The summed E-state index contributed by atoms with van der Waals surface area (Å²) in [6.45, 7) is 0. The van der Waals surface area contributed by atoms with Gasteiger partial charge in [-0.25, -0.2) is 0 Å². The van der Waals surface area contributed by atoms with Crippen LogP contribution in [0.4, 0.5) is 0 Å². The van der Waals surface area contributed by atoms with E-state index in [2.05, 4.69) is 31.9 Å². The fourth-order valence-electron chi connectivity index (χ4n) is 2.18. The molecule has 19 heavy (non-hydrogen) atoms. The van der Waals surface area contributed by atoms with E-state index in [1.165, 1.54) is 5.56 Å². The second-order valence-electron chi connectivity index (χ2n) is 4.31. The molecular weight excluding hydrogens is 240 g/mol. The monoisotopic (exact) mass is 254 g/mol. The molecule has 96 valence electrons. The summed E-state index contributed by atoms with van der Waals surface area (Å²) in [5, 5.41) is 11.6. The average Bonchev–Trinajstić information content (AvgIpc) is 2.99. The zero-order chi connectivity index (χ0) is 13.1. The summed E-state index contributed by atoms with van der Waals surface area (Å²) in [4.78, 5) is 4.35. The van der Waals surface area contributed by atoms with Crippen molar-refractivity contribution in [2.24, 2.45) is 5.84 Å². The number of fused-ring (bicyclic) bond motifs is 1. The van der Waals surface area contributed by atoms with Crippen LogP contribution in [0, 0.1) is 0 Å². The van der Waals surface area contributed by atoms with Crippen LogP contribution in [0.15, 0.2) is 42.7 Å². The fraction of sp³-hybridized carbons (Fsp3) is 0.154. The molecule has 2 aromatic heterocycles. The second kappa shape index (κ2) is 5.13. The number of nitrogens with zero attached hydrogens (tertiary/aromatic N) is 3. The summed E-state index contributed by atoms with van der Waals surface area (Å²) < 4.78 is 0. The van der Waals surface area contributed by atoms with E-state index in [-0.39, 0.29) is 6.04 Å². The highest BCUT2D eigenvalue weighted by molar-refractivity contribution is 5.81. The summed E-state index contributed by atoms with van der Waals surface area (Å²) in [6, 6.07) is 9.98. The highest BCUT2D eigenvalue weighted by atomic mass is 15.3. The Morgan fingerprint density at radius 3 is 2.95 bits per heavy atom. The molecule has 6 nitrogen and oxygen atoms in total. The van der Waals surface area contributed by atoms with Crippen LogP contribution in [0.2, 0.25) is 0 Å². The van der Waals surface area contributed by atoms with E-state index in [0.29, 0.717) is 0 Å². The molecule has 0 saturated heterocycles. The standard InChI is InChI=1S/C13H14N6/c14-17-12(13-8-16-19-18-13)7-9-5-6-15-11-4-2-1-3-10(9)11/h1-6,8,12,17H,7,14H2,(H,16,18,19). The molecule has 1 unspecified atom stereocenters. The Morgan fingerprint density at radius 2 is 2.16 bits per heavy atom. The van der Waals surface area contributed by atoms with Crippen molar-refractivity contribution in [3.05, 3.63) is 54.0 Å². The quantitative estimate of drug-likeness (QED) is 0.479. The number of benzene rings is 1. The van der Waals surface area contributed by atoms with Gasteiger partial charge in [0.1, 0.15) is 5.69 Å². The molecule has 4 N–H and O–H groups in total. The number of rotatable bonds is 4. The minimum absolute atomic E-state index is 0.0791. The number of nitrogens with two attached hydrogens (primary N) is 1. The second-order valence-corrected chi connectivity index (χ2v) is 4.31. The highest BCUT2D eigenvalue weighted by Gasteiger charge is 2.14. The van der Waals surface area contributed by atoms with Crippen molar-refractivity contribution in [3.8, 4) is 0 Å². The van der Waals surface area contributed by atoms with Crippen LogP contribution in [0.3, 0.4) is 0 Å². The van der Waals surface area contributed by atoms with Gasteiger partial charge >= 0.3 is 0 Å². The number of aromatic nitrogens is 4. The minimum atomic E-state index is -0.0791. The Balaban J connectivity index is 1.96. The molecule has 0 aliphatic heterocycles. The van der Waals surface area contributed by atoms with Crippen molar-refractivity contribution < 1.29 is 0 Å². The van der Waals surface area contributed by atoms with E-state index >= 15 is 0 Å². The number of para-hydroxylation sites is 1. The molecule has 0 radical (unpaired) electrons. The zero-order valence-corrected chi connectivity index (χ0v) is 10.2. The van der Waals surface area contributed by atoms with Crippen LogP contribution < -0.4 is 11.3 Å². The average molecular weight is 254 g/mol. The summed E-state index contributed by atoms with van der Waals surface area (Å²) in [6.07, 6.45) is 4.22. The number of hydrogen-bond donors (Lipinski definition) is 3. The molecule has 3 rings (SSSR count). The van der Waals surface area contributed by atoms with Crippen molar-refractivity contribution in [2.75, 3.05) is 0 Å². The lowest BCUT2D eigenvalue weighted by atomic mass is 10.0. The predicted molar refractivity (Wildman–Crippen MR) is 71.9 cm³/mol. The molecule has 0 spiro atoms. The van der Waals surface area contributed by atoms with Crippen molar-refractivity contribution >= 4 is 10.9 Å². The Labute approximate surface area is 110 Å². The van der Waals surface area contributed by atoms with Gasteiger partial charge in [0.25, 0.3) is 0 Å². The molecule has 1 aromatic carbocycles. The summed E-state index contributed by atoms with van der Waals surface area (Å²) in [7, 11) is 0. The number of pyridine rings is 1. The number of hydrogen-bond acceptors (Lipinski definition) is 5. The molecule has 0 fully saturated rings. The van der Waals surface area contributed by atoms with Crippen LogP contribution in [0.5, 0.6) is 0 Å². The van der Waals surface area contributed by atoms with Gasteiger partial charge in [0.05, 0.1) is 17.8 Å². The summed E-state index contributed by atoms with van der Waals surface area (Å²) >= 11 is 0. The molecule has 6 heteroatoms. The predicted octanol–water partition coefficient (Wildman–Crippen LogP) is 1.10. The van der Waals surface area contributed by atoms with Gasteiger partial charge < -0.3 is 0 Å². The van der Waals surface area contributed by atoms with Crippen molar-refractivity contribution in [2.45, 2.75) is 12.5 Å². The summed E-state index contributed by atoms with van der Waals surface area (Å²) in [5.74, 6) is 5.61. The van der Waals surface area contributed by atoms with Gasteiger partial charge in [-0.2, -0.15) is 15.4 Å². The first kappa shape index (κ1) is 11.8. The van der Waals surface area contributed by atoms with E-state index in [9.17, 15) is 0 Å². The maximum atomic E-state index is 5.61. The van der Waals surface area contributed by atoms with Crippen LogP contribution in [-0.4, -0.2) is 20.4 Å². The van der Waals surface area contributed by atoms with Gasteiger partial charge in [-0.3, -0.25) is 16.3 Å². The molecule has 2 heterocycles. The first-order chi connectivity index (χ1) is 9.38. The molecule has 0 aliphatic carbocycles. The van der Waals surface area contributed by atoms with Crippen molar-refractivity contribution in [1.82, 2.24) is 25.8 Å². The first-order valence-corrected chi connectivity index (χ1v) is 6.03. The van der Waals surface area contributed by atoms with Gasteiger partial charge in [0.2, 0.25) is 0 Å². The molecule has 0 amide bonds. The third-order valence-corrected chi connectivity index (χ3v) is 3.16. The lowest BCUT2D eigenvalue weighted by Crippen LogP contribution is -2.30. The Bertz CT molecular complexity index is 658. The Hall–Kier alpha value is -2.31. The van der Waals surface area contributed by atoms with Crippen LogP contribution in [0.25, 0.3) is 10.9 Å². The van der Waals surface area contributed by atoms with Crippen LogP contribution in [-0.2, 0) is 6.42 Å². The third kappa shape index (κ3) is 2.31. The SMILES string of the molecule is NNC(Cc1ccnc2ccccc12)c1cn[nH]n1. The van der Waals surface area contributed by atoms with E-state index in [1.807, 2.05) is 30.5 Å². The lowest BCUT2D eigenvalue weighted by molar-refractivity contribution is 0.538. The first-order valence-electron chi connectivity index (χ1n) is 6.03. The number of hydrazine groups is 1. The normalized spacial score (nSPS) is 12.7. The maximum absolute atomic E-state index is 5.61. The van der Waals surface area contributed by atoms with Crippen LogP contribution >= 0.6 is 0 Å².